The first-order chi connectivity index (χ1) is 10.1. The summed E-state index contributed by atoms with van der Waals surface area (Å²) in [5.41, 5.74) is 7.13. The normalized spacial score (nSPS) is 17.8. The molecule has 2 rings (SSSR count). The molecule has 2 N–H and O–H groups in total. The summed E-state index contributed by atoms with van der Waals surface area (Å²) in [6.07, 6.45) is 1.71. The van der Waals surface area contributed by atoms with E-state index in [4.69, 9.17) is 17.3 Å². The number of nitrogens with zero attached hydrogens (tertiary/aromatic N) is 2. The maximum absolute atomic E-state index is 12.2. The molecule has 5 heteroatoms. The number of carbonyl (C=O) groups is 1. The number of nitrogens with two attached hydrogens (primary N) is 1. The van der Waals surface area contributed by atoms with Crippen LogP contribution >= 0.6 is 11.6 Å². The van der Waals surface area contributed by atoms with E-state index in [1.807, 2.05) is 23.1 Å². The summed E-state index contributed by atoms with van der Waals surface area (Å²) in [5.74, 6) is 0.0965. The third-order valence-electron chi connectivity index (χ3n) is 3.90. The van der Waals surface area contributed by atoms with Gasteiger partial charge < -0.3 is 10.6 Å². The fourth-order valence-electron chi connectivity index (χ4n) is 2.69. The number of amides is 1. The first-order valence-electron chi connectivity index (χ1n) is 7.61. The Morgan fingerprint density at radius 1 is 1.33 bits per heavy atom. The number of carbonyl (C=O) groups excluding carboxylic acids is 1. The summed E-state index contributed by atoms with van der Waals surface area (Å²) >= 11 is 6.01. The van der Waals surface area contributed by atoms with E-state index < -0.39 is 0 Å². The van der Waals surface area contributed by atoms with Gasteiger partial charge in [-0.05, 0) is 24.1 Å². The van der Waals surface area contributed by atoms with E-state index in [0.717, 1.165) is 50.6 Å². The van der Waals surface area contributed by atoms with Crippen molar-refractivity contribution in [1.82, 2.24) is 9.80 Å². The van der Waals surface area contributed by atoms with Crippen LogP contribution in [0.4, 0.5) is 0 Å². The summed E-state index contributed by atoms with van der Waals surface area (Å²) in [4.78, 5) is 16.4. The number of halogens is 1. The maximum Gasteiger partial charge on any atom is 0.239 e. The van der Waals surface area contributed by atoms with Crippen LogP contribution in [0.2, 0.25) is 5.02 Å². The van der Waals surface area contributed by atoms with E-state index in [9.17, 15) is 4.79 Å². The van der Waals surface area contributed by atoms with Crippen LogP contribution < -0.4 is 5.73 Å². The Bertz CT molecular complexity index is 472. The molecule has 0 radical (unpaired) electrons. The molecule has 0 spiro atoms. The van der Waals surface area contributed by atoms with Gasteiger partial charge in [-0.25, -0.2) is 0 Å². The smallest absolute Gasteiger partial charge is 0.239 e. The molecule has 1 aromatic carbocycles. The molecule has 1 amide bonds. The Balaban J connectivity index is 1.82. The molecule has 4 nitrogen and oxygen atoms in total. The second-order valence-electron chi connectivity index (χ2n) is 5.63. The lowest BCUT2D eigenvalue weighted by Crippen LogP contribution is -2.52. The van der Waals surface area contributed by atoms with Gasteiger partial charge in [0.1, 0.15) is 0 Å². The highest BCUT2D eigenvalue weighted by molar-refractivity contribution is 6.30. The van der Waals surface area contributed by atoms with Gasteiger partial charge in [-0.1, -0.05) is 37.1 Å². The van der Waals surface area contributed by atoms with Crippen molar-refractivity contribution in [1.29, 1.82) is 0 Å². The zero-order valence-corrected chi connectivity index (χ0v) is 13.4. The van der Waals surface area contributed by atoms with Crippen LogP contribution in [0.15, 0.2) is 24.3 Å². The van der Waals surface area contributed by atoms with Crippen LogP contribution in [0.25, 0.3) is 0 Å². The Morgan fingerprint density at radius 3 is 2.67 bits per heavy atom. The molecule has 1 unspecified atom stereocenters. The highest BCUT2D eigenvalue weighted by atomic mass is 35.5. The molecule has 1 heterocycles. The number of rotatable bonds is 5. The summed E-state index contributed by atoms with van der Waals surface area (Å²) in [5, 5.41) is 0.770. The van der Waals surface area contributed by atoms with E-state index in [1.54, 1.807) is 0 Å². The van der Waals surface area contributed by atoms with Gasteiger partial charge in [-0.2, -0.15) is 0 Å². The average Bonchev–Trinajstić information content (AvgIpc) is 2.47. The molecule has 1 saturated heterocycles. The Morgan fingerprint density at radius 2 is 2.05 bits per heavy atom. The van der Waals surface area contributed by atoms with Gasteiger partial charge >= 0.3 is 0 Å². The lowest BCUT2D eigenvalue weighted by molar-refractivity contribution is -0.134. The summed E-state index contributed by atoms with van der Waals surface area (Å²) in [6.45, 7) is 6.22. The minimum atomic E-state index is -0.338. The molecule has 0 aliphatic carbocycles. The first kappa shape index (κ1) is 16.3. The molecule has 1 aromatic rings. The topological polar surface area (TPSA) is 49.6 Å². The Kier molecular flexibility index (Phi) is 6.03. The fourth-order valence-corrected chi connectivity index (χ4v) is 2.90. The summed E-state index contributed by atoms with van der Waals surface area (Å²) < 4.78 is 0. The van der Waals surface area contributed by atoms with Crippen molar-refractivity contribution >= 4 is 17.5 Å². The zero-order chi connectivity index (χ0) is 15.2. The van der Waals surface area contributed by atoms with E-state index in [-0.39, 0.29) is 11.9 Å². The minimum Gasteiger partial charge on any atom is -0.339 e. The van der Waals surface area contributed by atoms with Crippen molar-refractivity contribution in [2.75, 3.05) is 26.2 Å². The number of benzene rings is 1. The van der Waals surface area contributed by atoms with Crippen molar-refractivity contribution < 1.29 is 4.79 Å². The predicted molar refractivity (Wildman–Crippen MR) is 86.2 cm³/mol. The second-order valence-corrected chi connectivity index (χ2v) is 6.06. The Hall–Kier alpha value is -1.10. The van der Waals surface area contributed by atoms with Gasteiger partial charge in [0.2, 0.25) is 5.91 Å². The molecule has 1 aliphatic rings. The monoisotopic (exact) mass is 309 g/mol. The summed E-state index contributed by atoms with van der Waals surface area (Å²) in [7, 11) is 0. The number of hydrogen-bond donors (Lipinski definition) is 1. The van der Waals surface area contributed by atoms with Crippen LogP contribution in [-0.4, -0.2) is 47.9 Å². The molecular weight excluding hydrogens is 286 g/mol. The van der Waals surface area contributed by atoms with Gasteiger partial charge in [0.05, 0.1) is 6.04 Å². The van der Waals surface area contributed by atoms with Crippen molar-refractivity contribution in [3.8, 4) is 0 Å². The lowest BCUT2D eigenvalue weighted by Gasteiger charge is -2.36. The van der Waals surface area contributed by atoms with Gasteiger partial charge in [0, 0.05) is 37.7 Å². The SMILES string of the molecule is CCCC(N)C(=O)N1CCN(Cc2cccc(Cl)c2)CC1. The van der Waals surface area contributed by atoms with Crippen molar-refractivity contribution in [3.05, 3.63) is 34.9 Å². The van der Waals surface area contributed by atoms with Crippen LogP contribution in [0, 0.1) is 0 Å². The molecule has 116 valence electrons. The second kappa shape index (κ2) is 7.78. The van der Waals surface area contributed by atoms with Crippen molar-refractivity contribution in [2.45, 2.75) is 32.4 Å². The van der Waals surface area contributed by atoms with E-state index in [2.05, 4.69) is 17.9 Å². The van der Waals surface area contributed by atoms with Crippen LogP contribution in [0.1, 0.15) is 25.3 Å². The molecule has 0 aromatic heterocycles. The molecular formula is C16H24ClN3O. The fraction of sp³-hybridized carbons (Fsp3) is 0.562. The highest BCUT2D eigenvalue weighted by Crippen LogP contribution is 2.14. The first-order valence-corrected chi connectivity index (χ1v) is 7.99. The lowest BCUT2D eigenvalue weighted by atomic mass is 10.1. The van der Waals surface area contributed by atoms with Gasteiger partial charge in [0.15, 0.2) is 0 Å². The molecule has 1 fully saturated rings. The molecule has 0 saturated carbocycles. The summed E-state index contributed by atoms with van der Waals surface area (Å²) in [6, 6.07) is 7.60. The van der Waals surface area contributed by atoms with E-state index >= 15 is 0 Å². The van der Waals surface area contributed by atoms with Crippen LogP contribution in [-0.2, 0) is 11.3 Å². The molecule has 1 atom stereocenters. The predicted octanol–water partition coefficient (Wildman–Crippen LogP) is 2.11. The van der Waals surface area contributed by atoms with Gasteiger partial charge in [-0.3, -0.25) is 9.69 Å². The highest BCUT2D eigenvalue weighted by Gasteiger charge is 2.24. The molecule has 1 aliphatic heterocycles. The largest absolute Gasteiger partial charge is 0.339 e. The number of hydrogen-bond acceptors (Lipinski definition) is 3. The van der Waals surface area contributed by atoms with Crippen molar-refractivity contribution in [2.24, 2.45) is 5.73 Å². The Labute approximate surface area is 131 Å². The zero-order valence-electron chi connectivity index (χ0n) is 12.6. The maximum atomic E-state index is 12.2. The quantitative estimate of drug-likeness (QED) is 0.906. The third-order valence-corrected chi connectivity index (χ3v) is 4.13. The molecule has 21 heavy (non-hydrogen) atoms. The van der Waals surface area contributed by atoms with Crippen LogP contribution in [0.3, 0.4) is 0 Å². The minimum absolute atomic E-state index is 0.0965. The van der Waals surface area contributed by atoms with Crippen LogP contribution in [0.5, 0.6) is 0 Å². The third kappa shape index (κ3) is 4.70. The van der Waals surface area contributed by atoms with E-state index in [1.165, 1.54) is 5.56 Å². The van der Waals surface area contributed by atoms with Gasteiger partial charge in [-0.15, -0.1) is 0 Å². The van der Waals surface area contributed by atoms with Crippen molar-refractivity contribution in [3.63, 3.8) is 0 Å². The van der Waals surface area contributed by atoms with Gasteiger partial charge in [0.25, 0.3) is 0 Å². The number of piperazine rings is 1. The van der Waals surface area contributed by atoms with E-state index in [0.29, 0.717) is 0 Å². The molecule has 0 bridgehead atoms. The average molecular weight is 310 g/mol. The standard InChI is InChI=1S/C16H24ClN3O/c1-2-4-15(18)16(21)20-9-7-19(8-10-20)12-13-5-3-6-14(17)11-13/h3,5-6,11,15H,2,4,7-10,12,18H2,1H3.